The number of carbonyl (C=O) groups is 2. The first-order valence-electron chi connectivity index (χ1n) is 13.6. The number of fused-ring (bicyclic) bond motifs is 3. The van der Waals surface area contributed by atoms with E-state index < -0.39 is 28.7 Å². The number of hydrogen-bond donors (Lipinski definition) is 4. The zero-order valence-corrected chi connectivity index (χ0v) is 23.5. The molecule has 0 bridgehead atoms. The number of amides is 2. The number of aliphatic hydroxyl groups is 1. The van der Waals surface area contributed by atoms with Crippen LogP contribution in [0.4, 0.5) is 10.1 Å². The second kappa shape index (κ2) is 9.40. The molecule has 2 aliphatic heterocycles. The van der Waals surface area contributed by atoms with Crippen LogP contribution >= 0.6 is 23.2 Å². The van der Waals surface area contributed by atoms with Crippen LogP contribution in [0.15, 0.2) is 30.5 Å². The van der Waals surface area contributed by atoms with Gasteiger partial charge in [-0.15, -0.1) is 0 Å². The molecule has 2 saturated carbocycles. The number of aromatic nitrogens is 1. The van der Waals surface area contributed by atoms with Gasteiger partial charge in [-0.3, -0.25) is 14.9 Å². The fourth-order valence-electron chi connectivity index (χ4n) is 7.62. The Morgan fingerprint density at radius 3 is 2.59 bits per heavy atom. The number of nitrogens with zero attached hydrogens (tertiary/aromatic N) is 1. The van der Waals surface area contributed by atoms with E-state index in [0.717, 1.165) is 12.8 Å². The largest absolute Gasteiger partial charge is 0.396 e. The van der Waals surface area contributed by atoms with Crippen molar-refractivity contribution in [3.05, 3.63) is 57.6 Å². The lowest BCUT2D eigenvalue weighted by Crippen LogP contribution is -2.61. The molecule has 1 aromatic carbocycles. The molecular formula is C29H33Cl2FN4O3. The molecule has 6 rings (SSSR count). The summed E-state index contributed by atoms with van der Waals surface area (Å²) >= 11 is 12.5. The van der Waals surface area contributed by atoms with Gasteiger partial charge in [0.25, 0.3) is 0 Å². The minimum absolute atomic E-state index is 0.0678. The van der Waals surface area contributed by atoms with Crippen LogP contribution in [0.25, 0.3) is 0 Å². The molecule has 4 aliphatic rings. The molecule has 2 aliphatic carbocycles. The summed E-state index contributed by atoms with van der Waals surface area (Å²) in [6, 6.07) is 5.85. The Hall–Kier alpha value is -2.26. The van der Waals surface area contributed by atoms with Crippen LogP contribution in [-0.4, -0.2) is 46.1 Å². The second-order valence-electron chi connectivity index (χ2n) is 12.5. The Labute approximate surface area is 237 Å². The smallest absolute Gasteiger partial charge is 0.238 e. The molecule has 0 unspecified atom stereocenters. The van der Waals surface area contributed by atoms with Gasteiger partial charge >= 0.3 is 0 Å². The van der Waals surface area contributed by atoms with Gasteiger partial charge in [-0.05, 0) is 79.2 Å². The van der Waals surface area contributed by atoms with Gasteiger partial charge in [-0.2, -0.15) is 0 Å². The maximum Gasteiger partial charge on any atom is 0.238 e. The Kier molecular flexibility index (Phi) is 6.49. The lowest BCUT2D eigenvalue weighted by molar-refractivity contribution is -0.125. The normalized spacial score (nSPS) is 32.1. The van der Waals surface area contributed by atoms with Gasteiger partial charge in [0.15, 0.2) is 11.0 Å². The van der Waals surface area contributed by atoms with Gasteiger partial charge in [0.2, 0.25) is 11.8 Å². The maximum absolute atomic E-state index is 15.9. The van der Waals surface area contributed by atoms with Crippen molar-refractivity contribution >= 4 is 40.7 Å². The maximum atomic E-state index is 15.9. The third-order valence-electron chi connectivity index (χ3n) is 9.79. The molecule has 2 aromatic rings. The van der Waals surface area contributed by atoms with Crippen molar-refractivity contribution in [1.29, 1.82) is 0 Å². The van der Waals surface area contributed by atoms with Crippen molar-refractivity contribution < 1.29 is 19.1 Å². The fourth-order valence-corrected chi connectivity index (χ4v) is 7.96. The summed E-state index contributed by atoms with van der Waals surface area (Å²) in [5, 5.41) is 19.4. The van der Waals surface area contributed by atoms with E-state index in [1.165, 1.54) is 12.3 Å². The van der Waals surface area contributed by atoms with Gasteiger partial charge in [0.1, 0.15) is 5.41 Å². The van der Waals surface area contributed by atoms with Gasteiger partial charge in [-0.1, -0.05) is 43.1 Å². The van der Waals surface area contributed by atoms with E-state index >= 15 is 4.39 Å². The number of pyridine rings is 1. The third-order valence-corrected chi connectivity index (χ3v) is 10.3. The van der Waals surface area contributed by atoms with Crippen molar-refractivity contribution in [2.24, 2.45) is 11.3 Å². The van der Waals surface area contributed by atoms with Crippen LogP contribution in [0.2, 0.25) is 10.2 Å². The number of anilines is 1. The summed E-state index contributed by atoms with van der Waals surface area (Å²) in [4.78, 5) is 32.3. The van der Waals surface area contributed by atoms with Crippen LogP contribution in [0.3, 0.4) is 0 Å². The highest BCUT2D eigenvalue weighted by molar-refractivity contribution is 6.31. The number of halogens is 3. The van der Waals surface area contributed by atoms with Gasteiger partial charge < -0.3 is 15.7 Å². The van der Waals surface area contributed by atoms with Gasteiger partial charge in [-0.25, -0.2) is 9.37 Å². The minimum Gasteiger partial charge on any atom is -0.396 e. The first-order chi connectivity index (χ1) is 18.5. The summed E-state index contributed by atoms with van der Waals surface area (Å²) in [6.45, 7) is 4.50. The molecule has 10 heteroatoms. The highest BCUT2D eigenvalue weighted by atomic mass is 35.5. The van der Waals surface area contributed by atoms with Crippen molar-refractivity contribution in [3.63, 3.8) is 0 Å². The fraction of sp³-hybridized carbons (Fsp3) is 0.552. The Balaban J connectivity index is 1.54. The molecule has 2 spiro atoms. The van der Waals surface area contributed by atoms with Gasteiger partial charge in [0.05, 0.1) is 6.04 Å². The van der Waals surface area contributed by atoms with Gasteiger partial charge in [0, 0.05) is 41.0 Å². The van der Waals surface area contributed by atoms with E-state index in [9.17, 15) is 14.7 Å². The molecular weight excluding hydrogens is 542 g/mol. The molecule has 4 N–H and O–H groups in total. The lowest BCUT2D eigenvalue weighted by Gasteiger charge is -2.50. The number of aliphatic hydroxyl groups excluding tert-OH is 1. The van der Waals surface area contributed by atoms with Crippen LogP contribution in [0.1, 0.15) is 69.4 Å². The number of nitrogens with one attached hydrogen (secondary N) is 3. The molecule has 3 atom stereocenters. The molecule has 1 aromatic heterocycles. The molecule has 3 fully saturated rings. The second-order valence-corrected chi connectivity index (χ2v) is 13.3. The number of benzene rings is 1. The van der Waals surface area contributed by atoms with Crippen molar-refractivity contribution in [2.45, 2.75) is 81.3 Å². The summed E-state index contributed by atoms with van der Waals surface area (Å²) in [7, 11) is 0. The van der Waals surface area contributed by atoms with E-state index in [2.05, 4.69) is 34.8 Å². The van der Waals surface area contributed by atoms with Crippen LogP contribution in [0, 0.1) is 17.2 Å². The Morgan fingerprint density at radius 1 is 1.18 bits per heavy atom. The average Bonchev–Trinajstić information content (AvgIpc) is 3.32. The van der Waals surface area contributed by atoms with Crippen molar-refractivity contribution in [3.8, 4) is 0 Å². The van der Waals surface area contributed by atoms with E-state index in [1.807, 2.05) is 6.07 Å². The third kappa shape index (κ3) is 4.01. The zero-order valence-electron chi connectivity index (χ0n) is 22.0. The first-order valence-corrected chi connectivity index (χ1v) is 14.4. The molecule has 2 amide bonds. The van der Waals surface area contributed by atoms with Crippen LogP contribution in [0.5, 0.6) is 0 Å². The Morgan fingerprint density at radius 2 is 1.90 bits per heavy atom. The summed E-state index contributed by atoms with van der Waals surface area (Å²) in [5.74, 6) is -2.02. The summed E-state index contributed by atoms with van der Waals surface area (Å²) < 4.78 is 15.9. The monoisotopic (exact) mass is 574 g/mol. The van der Waals surface area contributed by atoms with E-state index in [-0.39, 0.29) is 46.5 Å². The van der Waals surface area contributed by atoms with E-state index in [1.54, 1.807) is 12.1 Å². The summed E-state index contributed by atoms with van der Waals surface area (Å²) in [6.07, 6.45) is 5.71. The molecule has 7 nitrogen and oxygen atoms in total. The predicted octanol–water partition coefficient (Wildman–Crippen LogP) is 4.70. The Bertz CT molecular complexity index is 1340. The zero-order chi connectivity index (χ0) is 27.7. The lowest BCUT2D eigenvalue weighted by atomic mass is 9.53. The van der Waals surface area contributed by atoms with Crippen LogP contribution in [-0.2, 0) is 15.0 Å². The minimum atomic E-state index is -1.29. The number of carbonyl (C=O) groups excluding carboxylic acids is 2. The average molecular weight is 576 g/mol. The van der Waals surface area contributed by atoms with Crippen molar-refractivity contribution in [1.82, 2.24) is 15.6 Å². The topological polar surface area (TPSA) is 103 Å². The van der Waals surface area contributed by atoms with E-state index in [4.69, 9.17) is 23.2 Å². The highest BCUT2D eigenvalue weighted by Crippen LogP contribution is 2.64. The first kappa shape index (κ1) is 26.9. The standard InChI is InChI=1S/C29H33Cl2FN4O3/c1-27(2)6-8-28(9-7-27)29(19-4-3-16(30)13-20(19)35-26(29)39)21(18-5-10-33-24(31)22(18)32)23(36-28)25(38)34-17-11-15(12-17)14-37/h3-5,10,13,15,17,21,23,36-37H,6-9,11-12,14H2,1-2H3,(H,34,38)(H,35,39)/t15?,17?,21-,23+,29+/m0/s1. The predicted molar refractivity (Wildman–Crippen MR) is 147 cm³/mol. The quantitative estimate of drug-likeness (QED) is 0.396. The van der Waals surface area contributed by atoms with E-state index in [0.29, 0.717) is 42.0 Å². The number of rotatable bonds is 4. The molecule has 3 heterocycles. The van der Waals surface area contributed by atoms with Crippen molar-refractivity contribution in [2.75, 3.05) is 11.9 Å². The molecule has 0 radical (unpaired) electrons. The molecule has 1 saturated heterocycles. The molecule has 208 valence electrons. The summed E-state index contributed by atoms with van der Waals surface area (Å²) in [5.41, 5.74) is -0.559. The highest BCUT2D eigenvalue weighted by Gasteiger charge is 2.73. The molecule has 39 heavy (non-hydrogen) atoms. The van der Waals surface area contributed by atoms with Crippen LogP contribution < -0.4 is 16.0 Å². The SMILES string of the molecule is CC1(C)CCC2(CC1)N[C@@H](C(=O)NC1CC(CO)C1)[C@H](c1ccnc(Cl)c1F)[C@]21C(=O)Nc2cc(Cl)ccc21. The number of hydrogen-bond acceptors (Lipinski definition) is 5.